The van der Waals surface area contributed by atoms with Crippen molar-refractivity contribution in [3.63, 3.8) is 0 Å². The van der Waals surface area contributed by atoms with Crippen molar-refractivity contribution >= 4 is 17.1 Å². The molecular weight excluding hydrogens is 296 g/mol. The quantitative estimate of drug-likeness (QED) is 0.803. The van der Waals surface area contributed by atoms with E-state index < -0.39 is 5.97 Å². The summed E-state index contributed by atoms with van der Waals surface area (Å²) in [5.74, 6) is -0.978. The molecule has 6 heteroatoms. The van der Waals surface area contributed by atoms with Crippen LogP contribution in [-0.2, 0) is 6.42 Å². The van der Waals surface area contributed by atoms with Crippen molar-refractivity contribution in [1.29, 1.82) is 0 Å². The van der Waals surface area contributed by atoms with Crippen molar-refractivity contribution in [3.8, 4) is 5.69 Å². The van der Waals surface area contributed by atoms with Gasteiger partial charge in [-0.05, 0) is 50.1 Å². The van der Waals surface area contributed by atoms with Gasteiger partial charge in [0.15, 0.2) is 0 Å². The lowest BCUT2D eigenvalue weighted by Crippen LogP contribution is -2.08. The number of hydrogen-bond donors (Lipinski definition) is 1. The largest absolute Gasteiger partial charge is 0.478 e. The predicted molar refractivity (Wildman–Crippen MR) is 85.4 cm³/mol. The van der Waals surface area contributed by atoms with Crippen LogP contribution in [0.2, 0.25) is 0 Å². The molecule has 1 N–H and O–H groups in total. The van der Waals surface area contributed by atoms with Crippen LogP contribution in [0.5, 0.6) is 0 Å². The van der Waals surface area contributed by atoms with Gasteiger partial charge in [-0.1, -0.05) is 6.92 Å². The van der Waals surface area contributed by atoms with Crippen LogP contribution in [0.4, 0.5) is 0 Å². The topological polar surface area (TPSA) is 85.3 Å². The summed E-state index contributed by atoms with van der Waals surface area (Å²) in [7, 11) is 0. The first-order valence-corrected chi connectivity index (χ1v) is 7.29. The molecule has 0 atom stereocenters. The van der Waals surface area contributed by atoms with Crippen molar-refractivity contribution < 1.29 is 14.3 Å². The first kappa shape index (κ1) is 15.0. The molecule has 0 aliphatic heterocycles. The van der Waals surface area contributed by atoms with E-state index in [9.17, 15) is 9.59 Å². The molecule has 118 valence electrons. The summed E-state index contributed by atoms with van der Waals surface area (Å²) in [5.41, 5.74) is 3.24. The molecule has 1 aromatic carbocycles. The number of nitrogens with zero attached hydrogens (tertiary/aromatic N) is 2. The van der Waals surface area contributed by atoms with Gasteiger partial charge in [-0.3, -0.25) is 0 Å². The number of carboxylic acids is 1. The number of benzene rings is 1. The molecule has 23 heavy (non-hydrogen) atoms. The highest BCUT2D eigenvalue weighted by Crippen LogP contribution is 2.25. The zero-order valence-corrected chi connectivity index (χ0v) is 13.1. The minimum Gasteiger partial charge on any atom is -0.478 e. The van der Waals surface area contributed by atoms with Gasteiger partial charge in [0.1, 0.15) is 0 Å². The van der Waals surface area contributed by atoms with E-state index in [1.165, 1.54) is 12.1 Å². The van der Waals surface area contributed by atoms with Crippen molar-refractivity contribution in [3.05, 3.63) is 57.1 Å². The first-order valence-electron chi connectivity index (χ1n) is 7.29. The van der Waals surface area contributed by atoms with Crippen LogP contribution in [0.15, 0.2) is 33.5 Å². The molecule has 2 heterocycles. The number of aromatic carboxylic acids is 1. The van der Waals surface area contributed by atoms with Crippen LogP contribution in [0.25, 0.3) is 16.8 Å². The number of aromatic nitrogens is 2. The fraction of sp³-hybridized carbons (Fsp3) is 0.235. The lowest BCUT2D eigenvalue weighted by molar-refractivity contribution is 0.0697. The van der Waals surface area contributed by atoms with Crippen molar-refractivity contribution in [2.45, 2.75) is 27.2 Å². The fourth-order valence-corrected chi connectivity index (χ4v) is 2.84. The Hall–Kier alpha value is -2.89. The Morgan fingerprint density at radius 2 is 1.91 bits per heavy atom. The molecule has 0 aliphatic rings. The standard InChI is InChI=1S/C17H16N2O4/c1-4-13-9(2)14-10(3)19(18-15(14)23-17(13)22)12-7-5-11(6-8-12)16(20)21/h5-8H,4H2,1-3H3,(H,20,21). The average molecular weight is 312 g/mol. The smallest absolute Gasteiger partial charge is 0.341 e. The first-order chi connectivity index (χ1) is 10.9. The Bertz CT molecular complexity index is 965. The second-order valence-electron chi connectivity index (χ2n) is 5.38. The van der Waals surface area contributed by atoms with Crippen molar-refractivity contribution in [1.82, 2.24) is 9.78 Å². The zero-order chi connectivity index (χ0) is 16.7. The van der Waals surface area contributed by atoms with E-state index in [4.69, 9.17) is 9.52 Å². The lowest BCUT2D eigenvalue weighted by atomic mass is 10.1. The van der Waals surface area contributed by atoms with Crippen molar-refractivity contribution in [2.24, 2.45) is 0 Å². The van der Waals surface area contributed by atoms with E-state index >= 15 is 0 Å². The highest BCUT2D eigenvalue weighted by Gasteiger charge is 2.17. The van der Waals surface area contributed by atoms with Gasteiger partial charge in [-0.15, -0.1) is 5.10 Å². The number of carboxylic acid groups (broad SMARTS) is 1. The van der Waals surface area contributed by atoms with Gasteiger partial charge in [0.2, 0.25) is 5.71 Å². The molecule has 0 bridgehead atoms. The SMILES string of the molecule is CCc1c(C)c2c(C)n(-c3ccc(C(=O)O)cc3)nc2oc1=O. The number of carbonyl (C=O) groups is 1. The highest BCUT2D eigenvalue weighted by molar-refractivity contribution is 5.88. The summed E-state index contributed by atoms with van der Waals surface area (Å²) in [5, 5.41) is 14.1. The van der Waals surface area contributed by atoms with Crippen LogP contribution in [-0.4, -0.2) is 20.9 Å². The number of aryl methyl sites for hydroxylation is 2. The van der Waals surface area contributed by atoms with Gasteiger partial charge >= 0.3 is 11.6 Å². The average Bonchev–Trinajstić information content (AvgIpc) is 2.84. The van der Waals surface area contributed by atoms with Gasteiger partial charge < -0.3 is 9.52 Å². The zero-order valence-electron chi connectivity index (χ0n) is 13.1. The normalized spacial score (nSPS) is 11.1. The summed E-state index contributed by atoms with van der Waals surface area (Å²) < 4.78 is 6.99. The van der Waals surface area contributed by atoms with Gasteiger partial charge in [0.25, 0.3) is 0 Å². The molecule has 0 saturated carbocycles. The molecule has 0 fully saturated rings. The van der Waals surface area contributed by atoms with Gasteiger partial charge in [-0.25, -0.2) is 14.3 Å². The Labute approximate surface area is 132 Å². The molecule has 0 saturated heterocycles. The Kier molecular flexibility index (Phi) is 3.52. The Balaban J connectivity index is 2.23. The number of fused-ring (bicyclic) bond motifs is 1. The molecule has 0 aliphatic carbocycles. The van der Waals surface area contributed by atoms with E-state index in [1.54, 1.807) is 16.8 Å². The van der Waals surface area contributed by atoms with Crippen LogP contribution in [0.3, 0.4) is 0 Å². The predicted octanol–water partition coefficient (Wildman–Crippen LogP) is 2.86. The van der Waals surface area contributed by atoms with Crippen LogP contribution in [0, 0.1) is 13.8 Å². The molecule has 2 aromatic heterocycles. The highest BCUT2D eigenvalue weighted by atomic mass is 16.4. The van der Waals surface area contributed by atoms with E-state index in [0.717, 1.165) is 16.6 Å². The maximum absolute atomic E-state index is 12.0. The van der Waals surface area contributed by atoms with Crippen LogP contribution >= 0.6 is 0 Å². The van der Waals surface area contributed by atoms with Crippen LogP contribution in [0.1, 0.15) is 34.1 Å². The molecule has 3 aromatic rings. The molecular formula is C17H16N2O4. The van der Waals surface area contributed by atoms with E-state index in [-0.39, 0.29) is 11.2 Å². The summed E-state index contributed by atoms with van der Waals surface area (Å²) in [4.78, 5) is 22.9. The minimum atomic E-state index is -0.978. The third-order valence-electron chi connectivity index (χ3n) is 4.06. The molecule has 3 rings (SSSR count). The molecule has 0 amide bonds. The van der Waals surface area contributed by atoms with E-state index in [0.29, 0.717) is 23.4 Å². The summed E-state index contributed by atoms with van der Waals surface area (Å²) in [6, 6.07) is 6.39. The van der Waals surface area contributed by atoms with Crippen molar-refractivity contribution in [2.75, 3.05) is 0 Å². The Morgan fingerprint density at radius 3 is 2.48 bits per heavy atom. The summed E-state index contributed by atoms with van der Waals surface area (Å²) >= 11 is 0. The van der Waals surface area contributed by atoms with Gasteiger partial charge in [0.05, 0.1) is 22.3 Å². The minimum absolute atomic E-state index is 0.207. The molecule has 0 spiro atoms. The number of rotatable bonds is 3. The van der Waals surface area contributed by atoms with Gasteiger partial charge in [-0.2, -0.15) is 0 Å². The summed E-state index contributed by atoms with van der Waals surface area (Å²) in [6.07, 6.45) is 0.599. The Morgan fingerprint density at radius 1 is 1.26 bits per heavy atom. The summed E-state index contributed by atoms with van der Waals surface area (Å²) in [6.45, 7) is 5.70. The lowest BCUT2D eigenvalue weighted by Gasteiger charge is -2.05. The molecule has 0 radical (unpaired) electrons. The van der Waals surface area contributed by atoms with Crippen LogP contribution < -0.4 is 5.63 Å². The molecule has 0 unspecified atom stereocenters. The second kappa shape index (κ2) is 5.39. The maximum Gasteiger partial charge on any atom is 0.341 e. The van der Waals surface area contributed by atoms with Gasteiger partial charge in [0, 0.05) is 5.56 Å². The van der Waals surface area contributed by atoms with E-state index in [2.05, 4.69) is 5.10 Å². The number of hydrogen-bond acceptors (Lipinski definition) is 4. The fourth-order valence-electron chi connectivity index (χ4n) is 2.84. The molecule has 6 nitrogen and oxygen atoms in total. The second-order valence-corrected chi connectivity index (χ2v) is 5.38. The maximum atomic E-state index is 12.0. The van der Waals surface area contributed by atoms with E-state index in [1.807, 2.05) is 20.8 Å². The third-order valence-corrected chi connectivity index (χ3v) is 4.06. The third kappa shape index (κ3) is 2.32. The monoisotopic (exact) mass is 312 g/mol.